The number of allylic oxidation sites excluding steroid dienone is 2. The first kappa shape index (κ1) is 30.5. The first-order chi connectivity index (χ1) is 17.1. The Labute approximate surface area is 235 Å². The number of fused-ring (bicyclic) bond motifs is 5. The third-order valence-corrected chi connectivity index (χ3v) is 5.59. The van der Waals surface area contributed by atoms with Crippen LogP contribution in [0.25, 0.3) is 22.4 Å². The standard InChI is InChI=1S/C21H18NO.C11H20O2.Ir/c1-14(2)11-15-12-18-16-7-3-5-9-19(16)23-20-10-6-4-8-17(20)21(18)22-13-15;1-8(2)5-10(12)7-11(13)6-9(3)4;/h3-7,9-10,12-14H,11H2,1-2H3;7-9,12H,5-6H2,1-4H3;/q-1;;. The van der Waals surface area contributed by atoms with Crippen LogP contribution in [-0.4, -0.2) is 15.9 Å². The van der Waals surface area contributed by atoms with Crippen molar-refractivity contribution in [2.45, 2.75) is 60.8 Å². The Bertz CT molecular complexity index is 1210. The van der Waals surface area contributed by atoms with Gasteiger partial charge in [0.1, 0.15) is 5.75 Å². The van der Waals surface area contributed by atoms with Crippen molar-refractivity contribution in [2.24, 2.45) is 17.8 Å². The Morgan fingerprint density at radius 2 is 1.62 bits per heavy atom. The molecule has 4 rings (SSSR count). The molecule has 1 N–H and O–H groups in total. The maximum absolute atomic E-state index is 11.2. The number of nitrogens with zero attached hydrogens (tertiary/aromatic N) is 1. The molecule has 0 spiro atoms. The average molecular weight is 677 g/mol. The third-order valence-electron chi connectivity index (χ3n) is 5.59. The SMILES string of the molecule is CC(C)CC(=O)C=C(O)CC(C)C.CC(C)Cc1cnc2c(c1)-c1ccccc1Oc1ccc[c-]c1-2.[Ir]. The molecule has 0 saturated carbocycles. The second kappa shape index (κ2) is 14.3. The van der Waals surface area contributed by atoms with Crippen LogP contribution in [0.1, 0.15) is 59.9 Å². The van der Waals surface area contributed by atoms with Crippen molar-refractivity contribution in [2.75, 3.05) is 0 Å². The van der Waals surface area contributed by atoms with Crippen molar-refractivity contribution in [1.82, 2.24) is 4.98 Å². The zero-order valence-corrected chi connectivity index (χ0v) is 25.1. The number of ether oxygens (including phenoxy) is 1. The Kier molecular flexibility index (Phi) is 11.7. The average Bonchev–Trinajstić information content (AvgIpc) is 2.92. The molecular weight excluding hydrogens is 639 g/mol. The van der Waals surface area contributed by atoms with Gasteiger partial charge in [-0.1, -0.05) is 71.4 Å². The Balaban J connectivity index is 0.000000299. The van der Waals surface area contributed by atoms with Crippen molar-refractivity contribution in [1.29, 1.82) is 0 Å². The summed E-state index contributed by atoms with van der Waals surface area (Å²) in [5.41, 5.74) is 5.34. The molecule has 37 heavy (non-hydrogen) atoms. The van der Waals surface area contributed by atoms with Crippen molar-refractivity contribution in [3.63, 3.8) is 0 Å². The fourth-order valence-corrected chi connectivity index (χ4v) is 4.21. The minimum absolute atomic E-state index is 0. The van der Waals surface area contributed by atoms with E-state index < -0.39 is 0 Å². The van der Waals surface area contributed by atoms with Crippen LogP contribution in [0.4, 0.5) is 0 Å². The summed E-state index contributed by atoms with van der Waals surface area (Å²) in [6, 6.07) is 19.5. The molecule has 0 bridgehead atoms. The van der Waals surface area contributed by atoms with Gasteiger partial charge in [0, 0.05) is 56.5 Å². The summed E-state index contributed by atoms with van der Waals surface area (Å²) in [7, 11) is 0. The topological polar surface area (TPSA) is 59.4 Å². The van der Waals surface area contributed by atoms with Crippen LogP contribution in [0.5, 0.6) is 11.5 Å². The number of benzene rings is 2. The van der Waals surface area contributed by atoms with Crippen LogP contribution in [0.3, 0.4) is 0 Å². The van der Waals surface area contributed by atoms with Gasteiger partial charge in [0.15, 0.2) is 5.78 Å². The van der Waals surface area contributed by atoms with Gasteiger partial charge in [-0.25, -0.2) is 0 Å². The molecule has 3 aromatic rings. The first-order valence-corrected chi connectivity index (χ1v) is 12.8. The maximum atomic E-state index is 11.2. The number of rotatable bonds is 7. The predicted octanol–water partition coefficient (Wildman–Crippen LogP) is 8.61. The molecule has 1 aliphatic heterocycles. The molecule has 4 nitrogen and oxygen atoms in total. The second-order valence-electron chi connectivity index (χ2n) is 10.6. The van der Waals surface area contributed by atoms with E-state index in [1.807, 2.05) is 70.3 Å². The smallest absolute Gasteiger partial charge is 0.159 e. The van der Waals surface area contributed by atoms with Crippen LogP contribution in [0, 0.1) is 23.8 Å². The zero-order chi connectivity index (χ0) is 26.2. The van der Waals surface area contributed by atoms with E-state index in [-0.39, 0.29) is 31.6 Å². The molecule has 0 unspecified atom stereocenters. The number of aliphatic hydroxyl groups is 1. The number of hydrogen-bond donors (Lipinski definition) is 1. The Morgan fingerprint density at radius 3 is 2.30 bits per heavy atom. The molecule has 0 atom stereocenters. The van der Waals surface area contributed by atoms with Crippen LogP contribution < -0.4 is 4.74 Å². The maximum Gasteiger partial charge on any atom is 0.159 e. The van der Waals surface area contributed by atoms with Gasteiger partial charge in [0.25, 0.3) is 0 Å². The van der Waals surface area contributed by atoms with E-state index >= 15 is 0 Å². The van der Waals surface area contributed by atoms with Gasteiger partial charge in [-0.2, -0.15) is 0 Å². The molecule has 2 heterocycles. The van der Waals surface area contributed by atoms with E-state index in [1.54, 1.807) is 0 Å². The van der Waals surface area contributed by atoms with Gasteiger partial charge in [-0.3, -0.25) is 4.79 Å². The minimum Gasteiger partial charge on any atom is -0.512 e. The van der Waals surface area contributed by atoms with Crippen LogP contribution >= 0.6 is 0 Å². The largest absolute Gasteiger partial charge is 0.512 e. The van der Waals surface area contributed by atoms with Crippen molar-refractivity contribution in [3.8, 4) is 33.9 Å². The van der Waals surface area contributed by atoms with Gasteiger partial charge in [-0.15, -0.1) is 24.3 Å². The molecule has 0 amide bonds. The summed E-state index contributed by atoms with van der Waals surface area (Å²) in [6.07, 6.45) is 5.47. The number of para-hydroxylation sites is 1. The third kappa shape index (κ3) is 8.94. The summed E-state index contributed by atoms with van der Waals surface area (Å²) in [5, 5.41) is 9.34. The molecule has 1 aliphatic rings. The Hall–Kier alpha value is -2.75. The molecule has 1 aromatic heterocycles. The molecular formula is C32H38IrNO3-. The summed E-state index contributed by atoms with van der Waals surface area (Å²) in [6.45, 7) is 12.5. The summed E-state index contributed by atoms with van der Waals surface area (Å²) in [4.78, 5) is 16.0. The number of aromatic nitrogens is 1. The molecule has 0 fully saturated rings. The fourth-order valence-electron chi connectivity index (χ4n) is 4.21. The zero-order valence-electron chi connectivity index (χ0n) is 22.7. The van der Waals surface area contributed by atoms with E-state index in [0.29, 0.717) is 30.6 Å². The van der Waals surface area contributed by atoms with Crippen molar-refractivity contribution in [3.05, 3.63) is 78.2 Å². The summed E-state index contributed by atoms with van der Waals surface area (Å²) in [5.74, 6) is 3.26. The number of pyridine rings is 1. The number of carbonyl (C=O) groups excluding carboxylic acids is 1. The molecule has 5 heteroatoms. The van der Waals surface area contributed by atoms with E-state index in [1.165, 1.54) is 11.6 Å². The first-order valence-electron chi connectivity index (χ1n) is 12.8. The molecule has 0 saturated heterocycles. The quantitative estimate of drug-likeness (QED) is 0.121. The Morgan fingerprint density at radius 1 is 0.946 bits per heavy atom. The van der Waals surface area contributed by atoms with Crippen molar-refractivity contribution < 1.29 is 34.7 Å². The van der Waals surface area contributed by atoms with Gasteiger partial charge < -0.3 is 14.8 Å². The van der Waals surface area contributed by atoms with Gasteiger partial charge in [0.2, 0.25) is 0 Å². The van der Waals surface area contributed by atoms with Gasteiger partial charge >= 0.3 is 0 Å². The molecule has 1 radical (unpaired) electrons. The summed E-state index contributed by atoms with van der Waals surface area (Å²) < 4.78 is 6.13. The molecule has 2 aromatic carbocycles. The minimum atomic E-state index is 0. The number of aliphatic hydroxyl groups excluding tert-OH is 1. The number of ketones is 1. The fraction of sp³-hybridized carbons (Fsp3) is 0.375. The predicted molar refractivity (Wildman–Crippen MR) is 147 cm³/mol. The van der Waals surface area contributed by atoms with Crippen LogP contribution in [-0.2, 0) is 31.3 Å². The van der Waals surface area contributed by atoms with E-state index in [4.69, 9.17) is 9.72 Å². The van der Waals surface area contributed by atoms with Gasteiger partial charge in [-0.05, 0) is 47.1 Å². The van der Waals surface area contributed by atoms with Crippen LogP contribution in [0.2, 0.25) is 0 Å². The van der Waals surface area contributed by atoms with E-state index in [9.17, 15) is 9.90 Å². The van der Waals surface area contributed by atoms with E-state index in [2.05, 4.69) is 32.0 Å². The normalized spacial score (nSPS) is 11.9. The molecule has 199 valence electrons. The molecule has 0 aliphatic carbocycles. The number of carbonyl (C=O) groups is 1. The number of hydrogen-bond acceptors (Lipinski definition) is 4. The van der Waals surface area contributed by atoms with Gasteiger partial charge in [0.05, 0.1) is 5.76 Å². The summed E-state index contributed by atoms with van der Waals surface area (Å²) >= 11 is 0. The monoisotopic (exact) mass is 677 g/mol. The van der Waals surface area contributed by atoms with Crippen molar-refractivity contribution >= 4 is 5.78 Å². The second-order valence-corrected chi connectivity index (χ2v) is 10.6. The van der Waals surface area contributed by atoms with Crippen LogP contribution in [0.15, 0.2) is 66.6 Å². The van der Waals surface area contributed by atoms with E-state index in [0.717, 1.165) is 40.3 Å².